The molecule has 1 amide bonds. The topological polar surface area (TPSA) is 49.8 Å². The minimum absolute atomic E-state index is 0.523. The van der Waals surface area contributed by atoms with Crippen LogP contribution in [0.25, 0.3) is 0 Å². The molecule has 0 aliphatic carbocycles. The second-order valence-electron chi connectivity index (χ2n) is 4.35. The molecule has 0 atom stereocenters. The molecule has 1 heterocycles. The van der Waals surface area contributed by atoms with Gasteiger partial charge >= 0.3 is 6.09 Å². The summed E-state index contributed by atoms with van der Waals surface area (Å²) in [5, 5.41) is 8.76. The molecule has 0 bridgehead atoms. The fraction of sp³-hybridized carbons (Fsp3) is 0.462. The minimum Gasteiger partial charge on any atom is -0.493 e. The highest BCUT2D eigenvalue weighted by Crippen LogP contribution is 2.25. The molecule has 17 heavy (non-hydrogen) atoms. The molecule has 0 unspecified atom stereocenters. The summed E-state index contributed by atoms with van der Waals surface area (Å²) in [7, 11) is 1.59. The first-order valence-electron chi connectivity index (χ1n) is 5.85. The van der Waals surface area contributed by atoms with E-state index in [1.54, 1.807) is 7.05 Å². The quantitative estimate of drug-likeness (QED) is 0.873. The Morgan fingerprint density at radius 2 is 2.35 bits per heavy atom. The van der Waals surface area contributed by atoms with Crippen molar-refractivity contribution in [2.45, 2.75) is 19.3 Å². The van der Waals surface area contributed by atoms with Gasteiger partial charge in [-0.3, -0.25) is 0 Å². The van der Waals surface area contributed by atoms with Crippen LogP contribution in [0.1, 0.15) is 17.5 Å². The number of carboxylic acid groups (broad SMARTS) is 1. The Bertz CT molecular complexity index is 417. The number of hydrogen-bond acceptors (Lipinski definition) is 2. The molecule has 4 nitrogen and oxygen atoms in total. The van der Waals surface area contributed by atoms with Crippen molar-refractivity contribution < 1.29 is 14.6 Å². The lowest BCUT2D eigenvalue weighted by Crippen LogP contribution is -2.26. The maximum Gasteiger partial charge on any atom is 0.407 e. The van der Waals surface area contributed by atoms with Crippen LogP contribution >= 0.6 is 0 Å². The number of likely N-dealkylation sites (N-methyl/N-ethyl adjacent to an activating group) is 1. The highest BCUT2D eigenvalue weighted by molar-refractivity contribution is 5.64. The fourth-order valence-electron chi connectivity index (χ4n) is 1.96. The first-order chi connectivity index (χ1) is 8.16. The smallest absolute Gasteiger partial charge is 0.407 e. The van der Waals surface area contributed by atoms with Gasteiger partial charge in [0.05, 0.1) is 6.61 Å². The average molecular weight is 235 g/mol. The molecule has 1 aromatic rings. The molecule has 1 N–H and O–H groups in total. The van der Waals surface area contributed by atoms with Crippen LogP contribution < -0.4 is 4.74 Å². The molecule has 1 aliphatic rings. The highest BCUT2D eigenvalue weighted by Gasteiger charge is 2.11. The molecular weight excluding hydrogens is 218 g/mol. The van der Waals surface area contributed by atoms with Gasteiger partial charge in [0.1, 0.15) is 5.75 Å². The Labute approximate surface area is 101 Å². The summed E-state index contributed by atoms with van der Waals surface area (Å²) >= 11 is 0. The van der Waals surface area contributed by atoms with Crippen molar-refractivity contribution in [2.75, 3.05) is 20.2 Å². The van der Waals surface area contributed by atoms with E-state index in [9.17, 15) is 4.79 Å². The van der Waals surface area contributed by atoms with Gasteiger partial charge in [0.2, 0.25) is 0 Å². The number of carbonyl (C=O) groups is 1. The third-order valence-electron chi connectivity index (χ3n) is 3.04. The number of amides is 1. The van der Waals surface area contributed by atoms with Crippen LogP contribution in [0.15, 0.2) is 18.2 Å². The van der Waals surface area contributed by atoms with E-state index >= 15 is 0 Å². The van der Waals surface area contributed by atoms with E-state index in [1.807, 2.05) is 12.1 Å². The molecule has 1 aliphatic heterocycles. The van der Waals surface area contributed by atoms with Crippen molar-refractivity contribution in [3.63, 3.8) is 0 Å². The van der Waals surface area contributed by atoms with Crippen molar-refractivity contribution in [3.05, 3.63) is 29.3 Å². The fourth-order valence-corrected chi connectivity index (χ4v) is 1.96. The number of hydrogen-bond donors (Lipinski definition) is 1. The van der Waals surface area contributed by atoms with E-state index in [1.165, 1.54) is 16.0 Å². The zero-order valence-electron chi connectivity index (χ0n) is 9.98. The number of ether oxygens (including phenoxy) is 1. The van der Waals surface area contributed by atoms with Crippen molar-refractivity contribution in [3.8, 4) is 5.75 Å². The Morgan fingerprint density at radius 1 is 1.53 bits per heavy atom. The van der Waals surface area contributed by atoms with Gasteiger partial charge in [-0.15, -0.1) is 0 Å². The van der Waals surface area contributed by atoms with Gasteiger partial charge in [-0.05, 0) is 36.5 Å². The summed E-state index contributed by atoms with van der Waals surface area (Å²) in [6, 6.07) is 6.13. The van der Waals surface area contributed by atoms with E-state index < -0.39 is 6.09 Å². The van der Waals surface area contributed by atoms with Crippen LogP contribution in [0.3, 0.4) is 0 Å². The van der Waals surface area contributed by atoms with Crippen molar-refractivity contribution in [1.82, 2.24) is 4.90 Å². The molecule has 2 rings (SSSR count). The Kier molecular flexibility index (Phi) is 3.52. The number of fused-ring (bicyclic) bond motifs is 1. The molecule has 4 heteroatoms. The number of rotatable bonds is 3. The van der Waals surface area contributed by atoms with Crippen LogP contribution in [0.5, 0.6) is 5.75 Å². The lowest BCUT2D eigenvalue weighted by atomic mass is 10.0. The Morgan fingerprint density at radius 3 is 3.12 bits per heavy atom. The van der Waals surface area contributed by atoms with Gasteiger partial charge in [-0.2, -0.15) is 0 Å². The van der Waals surface area contributed by atoms with Crippen molar-refractivity contribution in [1.29, 1.82) is 0 Å². The molecule has 92 valence electrons. The first kappa shape index (κ1) is 11.8. The van der Waals surface area contributed by atoms with Crippen molar-refractivity contribution in [2.24, 2.45) is 0 Å². The zero-order chi connectivity index (χ0) is 12.3. The van der Waals surface area contributed by atoms with Crippen LogP contribution in [-0.4, -0.2) is 36.3 Å². The van der Waals surface area contributed by atoms with Crippen LogP contribution in [0, 0.1) is 0 Å². The van der Waals surface area contributed by atoms with E-state index in [4.69, 9.17) is 9.84 Å². The number of aryl methyl sites for hydroxylation is 1. The average Bonchev–Trinajstić information content (AvgIpc) is 2.35. The van der Waals surface area contributed by atoms with E-state index in [0.717, 1.165) is 31.6 Å². The van der Waals surface area contributed by atoms with Gasteiger partial charge in [0, 0.05) is 13.6 Å². The van der Waals surface area contributed by atoms with Gasteiger partial charge in [-0.1, -0.05) is 12.1 Å². The maximum absolute atomic E-state index is 10.7. The second-order valence-corrected chi connectivity index (χ2v) is 4.35. The number of nitrogens with zero attached hydrogens (tertiary/aromatic N) is 1. The monoisotopic (exact) mass is 235 g/mol. The van der Waals surface area contributed by atoms with Crippen molar-refractivity contribution >= 4 is 6.09 Å². The molecule has 0 saturated carbocycles. The summed E-state index contributed by atoms with van der Waals surface area (Å²) in [4.78, 5) is 12.0. The van der Waals surface area contributed by atoms with Gasteiger partial charge in [0.15, 0.2) is 0 Å². The molecule has 0 spiro atoms. The minimum atomic E-state index is -0.883. The normalized spacial score (nSPS) is 13.7. The van der Waals surface area contributed by atoms with E-state index in [2.05, 4.69) is 6.07 Å². The zero-order valence-corrected chi connectivity index (χ0v) is 9.98. The standard InChI is InChI=1S/C13H17NO3/c1-14(13(15)16)7-6-10-4-5-12-11(9-10)3-2-8-17-12/h4-5,9H,2-3,6-8H2,1H3,(H,15,16). The third-order valence-corrected chi connectivity index (χ3v) is 3.04. The van der Waals surface area contributed by atoms with Crippen LogP contribution in [-0.2, 0) is 12.8 Å². The first-order valence-corrected chi connectivity index (χ1v) is 5.85. The Hall–Kier alpha value is -1.71. The predicted molar refractivity (Wildman–Crippen MR) is 64.6 cm³/mol. The number of benzene rings is 1. The van der Waals surface area contributed by atoms with Gasteiger partial charge in [-0.25, -0.2) is 4.79 Å². The maximum atomic E-state index is 10.7. The third kappa shape index (κ3) is 2.90. The highest BCUT2D eigenvalue weighted by atomic mass is 16.5. The summed E-state index contributed by atoms with van der Waals surface area (Å²) in [6.45, 7) is 1.32. The lowest BCUT2D eigenvalue weighted by molar-refractivity contribution is 0.156. The van der Waals surface area contributed by atoms with E-state index in [0.29, 0.717) is 6.54 Å². The molecule has 1 aromatic carbocycles. The largest absolute Gasteiger partial charge is 0.493 e. The molecule has 0 fully saturated rings. The van der Waals surface area contributed by atoms with Crippen LogP contribution in [0.4, 0.5) is 4.79 Å². The molecule has 0 aromatic heterocycles. The molecule has 0 radical (unpaired) electrons. The SMILES string of the molecule is CN(CCc1ccc2c(c1)CCCO2)C(=O)O. The lowest BCUT2D eigenvalue weighted by Gasteiger charge is -2.18. The van der Waals surface area contributed by atoms with E-state index in [-0.39, 0.29) is 0 Å². The summed E-state index contributed by atoms with van der Waals surface area (Å²) in [6.07, 6.45) is 1.98. The second kappa shape index (κ2) is 5.08. The summed E-state index contributed by atoms with van der Waals surface area (Å²) in [5.74, 6) is 0.978. The summed E-state index contributed by atoms with van der Waals surface area (Å²) in [5.41, 5.74) is 2.41. The summed E-state index contributed by atoms with van der Waals surface area (Å²) < 4.78 is 5.54. The van der Waals surface area contributed by atoms with Crippen LogP contribution in [0.2, 0.25) is 0 Å². The predicted octanol–water partition coefficient (Wildman–Crippen LogP) is 2.16. The molecular formula is C13H17NO3. The Balaban J connectivity index is 2.00. The molecule has 0 saturated heterocycles. The van der Waals surface area contributed by atoms with Gasteiger partial charge < -0.3 is 14.7 Å². The van der Waals surface area contributed by atoms with Gasteiger partial charge in [0.25, 0.3) is 0 Å².